The number of amides is 1. The van der Waals surface area contributed by atoms with Gasteiger partial charge in [0.2, 0.25) is 5.91 Å². The summed E-state index contributed by atoms with van der Waals surface area (Å²) in [6, 6.07) is 0. The number of nitrogens with zero attached hydrogens (tertiary/aromatic N) is 2. The van der Waals surface area contributed by atoms with Crippen LogP contribution in [0.3, 0.4) is 0 Å². The number of likely N-dealkylation sites (tertiary alicyclic amines) is 1. The molecule has 0 aliphatic carbocycles. The van der Waals surface area contributed by atoms with E-state index in [1.54, 1.807) is 0 Å². The van der Waals surface area contributed by atoms with Crippen LogP contribution in [0.5, 0.6) is 0 Å². The maximum absolute atomic E-state index is 12.3. The van der Waals surface area contributed by atoms with E-state index >= 15 is 0 Å². The molecule has 1 aliphatic heterocycles. The molecule has 0 saturated carbocycles. The lowest BCUT2D eigenvalue weighted by atomic mass is 9.96. The summed E-state index contributed by atoms with van der Waals surface area (Å²) < 4.78 is 0. The number of aromatic nitrogens is 1. The summed E-state index contributed by atoms with van der Waals surface area (Å²) in [6.45, 7) is 4.06. The maximum atomic E-state index is 12.3. The van der Waals surface area contributed by atoms with Crippen molar-refractivity contribution >= 4 is 28.8 Å². The minimum Gasteiger partial charge on any atom is -0.342 e. The Labute approximate surface area is 130 Å². The van der Waals surface area contributed by atoms with Crippen molar-refractivity contribution in [2.45, 2.75) is 51.3 Å². The summed E-state index contributed by atoms with van der Waals surface area (Å²) >= 11 is 7.28. The molecule has 1 atom stereocenters. The van der Waals surface area contributed by atoms with E-state index in [1.807, 2.05) is 10.3 Å². The van der Waals surface area contributed by atoms with Crippen LogP contribution in [0.1, 0.15) is 49.7 Å². The molecule has 2 heterocycles. The minimum absolute atomic E-state index is 0.220. The van der Waals surface area contributed by atoms with E-state index in [1.165, 1.54) is 30.6 Å². The zero-order valence-corrected chi connectivity index (χ0v) is 13.7. The van der Waals surface area contributed by atoms with Crippen LogP contribution in [0.25, 0.3) is 0 Å². The Kier molecular flexibility index (Phi) is 6.30. The predicted octanol–water partition coefficient (Wildman–Crippen LogP) is 3.85. The van der Waals surface area contributed by atoms with Gasteiger partial charge in [-0.15, -0.1) is 22.9 Å². The van der Waals surface area contributed by atoms with Gasteiger partial charge in [-0.1, -0.05) is 19.8 Å². The molecular weight excluding hydrogens is 292 g/mol. The zero-order chi connectivity index (χ0) is 14.4. The molecule has 2 rings (SSSR count). The van der Waals surface area contributed by atoms with Gasteiger partial charge in [-0.2, -0.15) is 0 Å². The Balaban J connectivity index is 1.85. The SMILES string of the molecule is CCCC1CCCN(C(=O)Cc2nc(CCl)cs2)CC1. The Morgan fingerprint density at radius 1 is 1.50 bits per heavy atom. The third kappa shape index (κ3) is 4.45. The van der Waals surface area contributed by atoms with Crippen molar-refractivity contribution < 1.29 is 4.79 Å². The van der Waals surface area contributed by atoms with Gasteiger partial charge >= 0.3 is 0 Å². The fourth-order valence-corrected chi connectivity index (χ4v) is 3.86. The van der Waals surface area contributed by atoms with Crippen molar-refractivity contribution in [3.8, 4) is 0 Å². The minimum atomic E-state index is 0.220. The van der Waals surface area contributed by atoms with Gasteiger partial charge in [-0.05, 0) is 25.2 Å². The van der Waals surface area contributed by atoms with E-state index in [0.29, 0.717) is 12.3 Å². The number of carbonyl (C=O) groups is 1. The molecule has 1 aromatic heterocycles. The molecule has 1 aromatic rings. The molecule has 0 spiro atoms. The van der Waals surface area contributed by atoms with E-state index in [2.05, 4.69) is 11.9 Å². The Hall–Kier alpha value is -0.610. The fourth-order valence-electron chi connectivity index (χ4n) is 2.84. The summed E-state index contributed by atoms with van der Waals surface area (Å²) in [5.41, 5.74) is 0.873. The number of carbonyl (C=O) groups excluding carboxylic acids is 1. The summed E-state index contributed by atoms with van der Waals surface area (Å²) in [5.74, 6) is 1.45. The van der Waals surface area contributed by atoms with Crippen molar-refractivity contribution in [1.29, 1.82) is 0 Å². The predicted molar refractivity (Wildman–Crippen MR) is 84.2 cm³/mol. The second-order valence-electron chi connectivity index (χ2n) is 5.51. The normalized spacial score (nSPS) is 19.9. The van der Waals surface area contributed by atoms with E-state index in [9.17, 15) is 4.79 Å². The molecule has 5 heteroatoms. The molecule has 0 radical (unpaired) electrons. The molecular formula is C15H23ClN2OS. The molecule has 1 aliphatic rings. The first kappa shape index (κ1) is 15.8. The Morgan fingerprint density at radius 2 is 2.35 bits per heavy atom. The fraction of sp³-hybridized carbons (Fsp3) is 0.733. The van der Waals surface area contributed by atoms with Gasteiger partial charge in [-0.3, -0.25) is 4.79 Å². The standard InChI is InChI=1S/C15H23ClN2OS/c1-2-4-12-5-3-7-18(8-6-12)15(19)9-14-17-13(10-16)11-20-14/h11-12H,2-10H2,1H3. The Morgan fingerprint density at radius 3 is 3.05 bits per heavy atom. The van der Waals surface area contributed by atoms with E-state index in [-0.39, 0.29) is 5.91 Å². The van der Waals surface area contributed by atoms with E-state index in [4.69, 9.17) is 11.6 Å². The zero-order valence-electron chi connectivity index (χ0n) is 12.1. The molecule has 20 heavy (non-hydrogen) atoms. The molecule has 1 unspecified atom stereocenters. The van der Waals surface area contributed by atoms with Crippen LogP contribution < -0.4 is 0 Å². The smallest absolute Gasteiger partial charge is 0.229 e. The first-order chi connectivity index (χ1) is 9.72. The van der Waals surface area contributed by atoms with Crippen LogP contribution in [0.4, 0.5) is 0 Å². The van der Waals surface area contributed by atoms with Gasteiger partial charge in [0.15, 0.2) is 0 Å². The maximum Gasteiger partial charge on any atom is 0.229 e. The lowest BCUT2D eigenvalue weighted by Gasteiger charge is -2.20. The summed E-state index contributed by atoms with van der Waals surface area (Å²) in [7, 11) is 0. The van der Waals surface area contributed by atoms with Crippen LogP contribution in [0, 0.1) is 5.92 Å². The van der Waals surface area contributed by atoms with Crippen molar-refractivity contribution in [1.82, 2.24) is 9.88 Å². The third-order valence-electron chi connectivity index (χ3n) is 3.94. The average Bonchev–Trinajstić information content (AvgIpc) is 2.76. The number of thiazole rings is 1. The van der Waals surface area contributed by atoms with Crippen LogP contribution in [0.2, 0.25) is 0 Å². The molecule has 0 aromatic carbocycles. The molecule has 1 saturated heterocycles. The van der Waals surface area contributed by atoms with Crippen molar-refractivity contribution in [2.75, 3.05) is 13.1 Å². The molecule has 0 bridgehead atoms. The molecule has 1 amide bonds. The van der Waals surface area contributed by atoms with Gasteiger partial charge in [0.1, 0.15) is 5.01 Å². The second kappa shape index (κ2) is 7.99. The number of alkyl halides is 1. The highest BCUT2D eigenvalue weighted by Crippen LogP contribution is 2.22. The summed E-state index contributed by atoms with van der Waals surface area (Å²) in [5, 5.41) is 2.83. The Bertz CT molecular complexity index is 435. The van der Waals surface area contributed by atoms with Crippen LogP contribution in [-0.4, -0.2) is 28.9 Å². The highest BCUT2D eigenvalue weighted by molar-refractivity contribution is 7.09. The van der Waals surface area contributed by atoms with Crippen molar-refractivity contribution in [2.24, 2.45) is 5.92 Å². The lowest BCUT2D eigenvalue weighted by Crippen LogP contribution is -2.33. The monoisotopic (exact) mass is 314 g/mol. The van der Waals surface area contributed by atoms with Crippen LogP contribution in [-0.2, 0) is 17.1 Å². The molecule has 3 nitrogen and oxygen atoms in total. The number of hydrogen-bond acceptors (Lipinski definition) is 3. The summed E-state index contributed by atoms with van der Waals surface area (Å²) in [6.07, 6.45) is 6.55. The number of halogens is 1. The number of hydrogen-bond donors (Lipinski definition) is 0. The van der Waals surface area contributed by atoms with Crippen LogP contribution >= 0.6 is 22.9 Å². The summed E-state index contributed by atoms with van der Waals surface area (Å²) in [4.78, 5) is 18.7. The van der Waals surface area contributed by atoms with Gasteiger partial charge in [0.25, 0.3) is 0 Å². The molecule has 1 fully saturated rings. The lowest BCUT2D eigenvalue weighted by molar-refractivity contribution is -0.130. The van der Waals surface area contributed by atoms with Gasteiger partial charge in [-0.25, -0.2) is 4.98 Å². The first-order valence-corrected chi connectivity index (χ1v) is 8.91. The quantitative estimate of drug-likeness (QED) is 0.773. The van der Waals surface area contributed by atoms with E-state index in [0.717, 1.165) is 42.6 Å². The van der Waals surface area contributed by atoms with Crippen molar-refractivity contribution in [3.05, 3.63) is 16.1 Å². The van der Waals surface area contributed by atoms with Crippen molar-refractivity contribution in [3.63, 3.8) is 0 Å². The van der Waals surface area contributed by atoms with Gasteiger partial charge in [0.05, 0.1) is 18.0 Å². The highest BCUT2D eigenvalue weighted by atomic mass is 35.5. The second-order valence-corrected chi connectivity index (χ2v) is 6.72. The molecule has 112 valence electrons. The van der Waals surface area contributed by atoms with Crippen LogP contribution in [0.15, 0.2) is 5.38 Å². The molecule has 0 N–H and O–H groups in total. The average molecular weight is 315 g/mol. The topological polar surface area (TPSA) is 33.2 Å². The first-order valence-electron chi connectivity index (χ1n) is 7.50. The van der Waals surface area contributed by atoms with Gasteiger partial charge < -0.3 is 4.90 Å². The van der Waals surface area contributed by atoms with Gasteiger partial charge in [0, 0.05) is 18.5 Å². The third-order valence-corrected chi connectivity index (χ3v) is 5.11. The van der Waals surface area contributed by atoms with E-state index < -0.39 is 0 Å². The number of rotatable bonds is 5. The highest BCUT2D eigenvalue weighted by Gasteiger charge is 2.21. The largest absolute Gasteiger partial charge is 0.342 e.